The van der Waals surface area contributed by atoms with Crippen molar-refractivity contribution in [2.24, 2.45) is 0 Å². The van der Waals surface area contributed by atoms with Crippen molar-refractivity contribution in [2.45, 2.75) is 20.3 Å². The Balaban J connectivity index is 4.17. The van der Waals surface area contributed by atoms with Gasteiger partial charge in [-0.05, 0) is 20.3 Å². The third kappa shape index (κ3) is 5.18. The maximum Gasteiger partial charge on any atom is 0.331 e. The van der Waals surface area contributed by atoms with Crippen molar-refractivity contribution in [1.29, 1.82) is 5.26 Å². The van der Waals surface area contributed by atoms with Crippen molar-refractivity contribution in [1.82, 2.24) is 0 Å². The second-order valence-corrected chi connectivity index (χ2v) is 4.82. The van der Waals surface area contributed by atoms with Crippen molar-refractivity contribution in [3.63, 3.8) is 0 Å². The molecule has 0 aromatic rings. The van der Waals surface area contributed by atoms with E-state index in [0.717, 1.165) is 0 Å². The van der Waals surface area contributed by atoms with E-state index in [1.54, 1.807) is 13.8 Å². The van der Waals surface area contributed by atoms with Gasteiger partial charge in [0.15, 0.2) is 0 Å². The number of hydrogen-bond acceptors (Lipinski definition) is 4. The average molecular weight is 217 g/mol. The van der Waals surface area contributed by atoms with E-state index in [1.165, 1.54) is 0 Å². The molecule has 14 heavy (non-hydrogen) atoms. The monoisotopic (exact) mass is 217 g/mol. The number of nitrogens with zero attached hydrogens (tertiary/aromatic N) is 1. The summed E-state index contributed by atoms with van der Waals surface area (Å²) in [6.45, 7) is 7.70. The molecule has 0 spiro atoms. The summed E-state index contributed by atoms with van der Waals surface area (Å²) >= 11 is 0. The number of nitriles is 1. The molecule has 0 atom stereocenters. The van der Waals surface area contributed by atoms with Crippen LogP contribution >= 0.6 is 7.60 Å². The van der Waals surface area contributed by atoms with E-state index in [1.807, 2.05) is 6.07 Å². The van der Waals surface area contributed by atoms with Crippen LogP contribution in [0.1, 0.15) is 20.3 Å². The minimum Gasteiger partial charge on any atom is -0.309 e. The quantitative estimate of drug-likeness (QED) is 0.486. The van der Waals surface area contributed by atoms with Crippen LogP contribution in [0.25, 0.3) is 0 Å². The van der Waals surface area contributed by atoms with Gasteiger partial charge in [-0.3, -0.25) is 4.57 Å². The third-order valence-electron chi connectivity index (χ3n) is 1.50. The maximum absolute atomic E-state index is 11.8. The molecular formula is C9H16NO3P. The van der Waals surface area contributed by atoms with E-state index in [4.69, 9.17) is 14.3 Å². The third-order valence-corrected chi connectivity index (χ3v) is 3.57. The molecule has 0 radical (unpaired) electrons. The first-order chi connectivity index (χ1) is 6.58. The lowest BCUT2D eigenvalue weighted by atomic mass is 10.3. The molecule has 4 nitrogen and oxygen atoms in total. The van der Waals surface area contributed by atoms with E-state index in [0.29, 0.717) is 25.2 Å². The normalized spacial score (nSPS) is 10.9. The summed E-state index contributed by atoms with van der Waals surface area (Å²) in [5.74, 6) is 0. The summed E-state index contributed by atoms with van der Waals surface area (Å²) in [5.41, 5.74) is 0.393. The van der Waals surface area contributed by atoms with Gasteiger partial charge in [-0.1, -0.05) is 6.58 Å². The lowest BCUT2D eigenvalue weighted by Gasteiger charge is -2.16. The SMILES string of the molecule is C=C(C#N)CCP(=O)(OCC)OCC. The zero-order valence-electron chi connectivity index (χ0n) is 8.65. The molecule has 5 heteroatoms. The fraction of sp³-hybridized carbons (Fsp3) is 0.667. The van der Waals surface area contributed by atoms with Gasteiger partial charge in [0, 0.05) is 5.57 Å². The van der Waals surface area contributed by atoms with Gasteiger partial charge in [0.1, 0.15) is 0 Å². The van der Waals surface area contributed by atoms with Crippen molar-refractivity contribution >= 4 is 7.60 Å². The highest BCUT2D eigenvalue weighted by Crippen LogP contribution is 2.48. The highest BCUT2D eigenvalue weighted by atomic mass is 31.2. The molecule has 80 valence electrons. The van der Waals surface area contributed by atoms with Crippen LogP contribution in [0.3, 0.4) is 0 Å². The van der Waals surface area contributed by atoms with Crippen LogP contribution in [0.5, 0.6) is 0 Å². The van der Waals surface area contributed by atoms with Crippen LogP contribution in [-0.4, -0.2) is 19.4 Å². The van der Waals surface area contributed by atoms with Crippen molar-refractivity contribution in [3.05, 3.63) is 12.2 Å². The summed E-state index contributed by atoms with van der Waals surface area (Å²) < 4.78 is 21.9. The Morgan fingerprint density at radius 1 is 1.43 bits per heavy atom. The van der Waals surface area contributed by atoms with Gasteiger partial charge >= 0.3 is 7.60 Å². The second-order valence-electron chi connectivity index (χ2n) is 2.64. The average Bonchev–Trinajstić information content (AvgIpc) is 2.15. The molecule has 0 bridgehead atoms. The molecule has 0 fully saturated rings. The van der Waals surface area contributed by atoms with E-state index in [2.05, 4.69) is 6.58 Å². The molecule has 0 aliphatic rings. The molecule has 0 aromatic heterocycles. The van der Waals surface area contributed by atoms with E-state index in [9.17, 15) is 4.57 Å². The molecule has 0 unspecified atom stereocenters. The van der Waals surface area contributed by atoms with Crippen LogP contribution in [-0.2, 0) is 13.6 Å². The molecular weight excluding hydrogens is 201 g/mol. The first-order valence-corrected chi connectivity index (χ1v) is 6.26. The van der Waals surface area contributed by atoms with Gasteiger partial charge in [0.25, 0.3) is 0 Å². The zero-order chi connectivity index (χ0) is 11.0. The van der Waals surface area contributed by atoms with Crippen molar-refractivity contribution in [2.75, 3.05) is 19.4 Å². The van der Waals surface area contributed by atoms with E-state index in [-0.39, 0.29) is 6.16 Å². The van der Waals surface area contributed by atoms with Crippen LogP contribution in [0.15, 0.2) is 12.2 Å². The van der Waals surface area contributed by atoms with Gasteiger partial charge in [-0.15, -0.1) is 0 Å². The summed E-state index contributed by atoms with van der Waals surface area (Å²) in [7, 11) is -3.00. The molecule has 0 saturated carbocycles. The zero-order valence-corrected chi connectivity index (χ0v) is 9.55. The van der Waals surface area contributed by atoms with Gasteiger partial charge in [-0.25, -0.2) is 0 Å². The minimum absolute atomic E-state index is 0.223. The standard InChI is InChI=1S/C9H16NO3P/c1-4-12-14(11,13-5-2)7-6-9(3)8-10/h3-7H2,1-2H3. The van der Waals surface area contributed by atoms with E-state index >= 15 is 0 Å². The highest BCUT2D eigenvalue weighted by molar-refractivity contribution is 7.53. The predicted molar refractivity (Wildman–Crippen MR) is 55.1 cm³/mol. The lowest BCUT2D eigenvalue weighted by Crippen LogP contribution is -2.00. The van der Waals surface area contributed by atoms with E-state index < -0.39 is 7.60 Å². The molecule has 0 heterocycles. The lowest BCUT2D eigenvalue weighted by molar-refractivity contribution is 0.220. The van der Waals surface area contributed by atoms with Crippen LogP contribution in [0.4, 0.5) is 0 Å². The molecule has 0 amide bonds. The Morgan fingerprint density at radius 2 is 1.93 bits per heavy atom. The fourth-order valence-electron chi connectivity index (χ4n) is 0.888. The Kier molecular flexibility index (Phi) is 6.48. The Morgan fingerprint density at radius 3 is 2.29 bits per heavy atom. The van der Waals surface area contributed by atoms with Crippen LogP contribution < -0.4 is 0 Å². The Hall–Kier alpha value is -0.620. The van der Waals surface area contributed by atoms with Gasteiger partial charge in [-0.2, -0.15) is 5.26 Å². The smallest absolute Gasteiger partial charge is 0.309 e. The molecule has 0 aliphatic heterocycles. The predicted octanol–water partition coefficient (Wildman–Crippen LogP) is 2.72. The van der Waals surface area contributed by atoms with Crippen molar-refractivity contribution < 1.29 is 13.6 Å². The molecule has 0 N–H and O–H groups in total. The molecule has 0 rings (SSSR count). The molecule has 0 aliphatic carbocycles. The molecule has 0 saturated heterocycles. The first kappa shape index (κ1) is 13.4. The summed E-state index contributed by atoms with van der Waals surface area (Å²) in [5, 5.41) is 8.47. The number of rotatable bonds is 7. The molecule has 0 aromatic carbocycles. The Labute approximate surface area is 85.1 Å². The summed E-state index contributed by atoms with van der Waals surface area (Å²) in [4.78, 5) is 0. The summed E-state index contributed by atoms with van der Waals surface area (Å²) in [6.07, 6.45) is 0.578. The maximum atomic E-state index is 11.8. The van der Waals surface area contributed by atoms with Crippen LogP contribution in [0, 0.1) is 11.3 Å². The Bertz CT molecular complexity index is 260. The fourth-order valence-corrected chi connectivity index (χ4v) is 2.55. The highest BCUT2D eigenvalue weighted by Gasteiger charge is 2.22. The van der Waals surface area contributed by atoms with Gasteiger partial charge < -0.3 is 9.05 Å². The van der Waals surface area contributed by atoms with Gasteiger partial charge in [0.05, 0.1) is 25.4 Å². The topological polar surface area (TPSA) is 59.3 Å². The first-order valence-electron chi connectivity index (χ1n) is 4.54. The van der Waals surface area contributed by atoms with Gasteiger partial charge in [0.2, 0.25) is 0 Å². The van der Waals surface area contributed by atoms with Crippen molar-refractivity contribution in [3.8, 4) is 6.07 Å². The largest absolute Gasteiger partial charge is 0.331 e. The summed E-state index contributed by atoms with van der Waals surface area (Å²) in [6, 6.07) is 1.90. The second kappa shape index (κ2) is 6.78. The van der Waals surface area contributed by atoms with Crippen LogP contribution in [0.2, 0.25) is 0 Å². The number of allylic oxidation sites excluding steroid dienone is 1. The minimum atomic E-state index is -3.00. The number of hydrogen-bond donors (Lipinski definition) is 0.